The molecule has 5 nitrogen and oxygen atoms in total. The molecule has 1 aromatic rings. The molecule has 2 unspecified atom stereocenters. The van der Waals surface area contributed by atoms with Crippen LogP contribution in [0.1, 0.15) is 25.6 Å². The van der Waals surface area contributed by atoms with Crippen molar-refractivity contribution in [1.29, 1.82) is 0 Å². The van der Waals surface area contributed by atoms with Gasteiger partial charge in [0.2, 0.25) is 5.91 Å². The Bertz CT molecular complexity index is 415. The van der Waals surface area contributed by atoms with Crippen LogP contribution in [0.15, 0.2) is 12.4 Å². The third kappa shape index (κ3) is 2.90. The van der Waals surface area contributed by atoms with E-state index in [1.807, 2.05) is 24.9 Å². The molecule has 0 saturated carbocycles. The number of amides is 1. The molecule has 1 amide bonds. The van der Waals surface area contributed by atoms with Crippen LogP contribution in [0.25, 0.3) is 0 Å². The van der Waals surface area contributed by atoms with Gasteiger partial charge in [-0.3, -0.25) is 4.79 Å². The first-order chi connectivity index (χ1) is 8.58. The lowest BCUT2D eigenvalue weighted by molar-refractivity contribution is -0.136. The van der Waals surface area contributed by atoms with Crippen molar-refractivity contribution >= 4 is 5.91 Å². The SMILES string of the molecule is CC1CC(C(=O)N(C)Cc2nccn2C)CCN1. The summed E-state index contributed by atoms with van der Waals surface area (Å²) >= 11 is 0. The minimum Gasteiger partial charge on any atom is -0.338 e. The van der Waals surface area contributed by atoms with Crippen LogP contribution in [0.3, 0.4) is 0 Å². The Morgan fingerprint density at radius 1 is 1.67 bits per heavy atom. The Labute approximate surface area is 108 Å². The minimum atomic E-state index is 0.159. The van der Waals surface area contributed by atoms with E-state index in [4.69, 9.17) is 0 Å². The van der Waals surface area contributed by atoms with Crippen LogP contribution in [-0.2, 0) is 18.4 Å². The molecule has 0 radical (unpaired) electrons. The first-order valence-electron chi connectivity index (χ1n) is 6.52. The number of aromatic nitrogens is 2. The predicted octanol–water partition coefficient (Wildman–Crippen LogP) is 0.767. The molecule has 1 N–H and O–H groups in total. The fraction of sp³-hybridized carbons (Fsp3) is 0.692. The van der Waals surface area contributed by atoms with E-state index in [9.17, 15) is 4.79 Å². The maximum Gasteiger partial charge on any atom is 0.225 e. The maximum atomic E-state index is 12.3. The van der Waals surface area contributed by atoms with E-state index in [0.29, 0.717) is 12.6 Å². The first kappa shape index (κ1) is 13.1. The van der Waals surface area contributed by atoms with E-state index in [0.717, 1.165) is 25.2 Å². The number of aryl methyl sites for hydroxylation is 1. The Morgan fingerprint density at radius 2 is 2.44 bits per heavy atom. The van der Waals surface area contributed by atoms with Gasteiger partial charge in [0, 0.05) is 38.4 Å². The molecule has 1 aromatic heterocycles. The second-order valence-corrected chi connectivity index (χ2v) is 5.23. The highest BCUT2D eigenvalue weighted by atomic mass is 16.2. The molecule has 0 aliphatic carbocycles. The van der Waals surface area contributed by atoms with Crippen LogP contribution < -0.4 is 5.32 Å². The van der Waals surface area contributed by atoms with Gasteiger partial charge >= 0.3 is 0 Å². The number of rotatable bonds is 3. The highest BCUT2D eigenvalue weighted by molar-refractivity contribution is 5.78. The molecule has 2 atom stereocenters. The third-order valence-electron chi connectivity index (χ3n) is 3.65. The number of nitrogens with zero attached hydrogens (tertiary/aromatic N) is 3. The van der Waals surface area contributed by atoms with Crippen molar-refractivity contribution in [3.8, 4) is 0 Å². The normalized spacial score (nSPS) is 23.9. The number of imidazole rings is 1. The quantitative estimate of drug-likeness (QED) is 0.862. The van der Waals surface area contributed by atoms with Gasteiger partial charge in [-0.2, -0.15) is 0 Å². The molecular formula is C13H22N4O. The third-order valence-corrected chi connectivity index (χ3v) is 3.65. The first-order valence-corrected chi connectivity index (χ1v) is 6.52. The number of hydrogen-bond donors (Lipinski definition) is 1. The van der Waals surface area contributed by atoms with Crippen LogP contribution in [0.4, 0.5) is 0 Å². The molecule has 2 heterocycles. The van der Waals surface area contributed by atoms with E-state index < -0.39 is 0 Å². The Morgan fingerprint density at radius 3 is 3.06 bits per heavy atom. The number of carbonyl (C=O) groups is 1. The molecule has 2 rings (SSSR count). The van der Waals surface area contributed by atoms with Gasteiger partial charge in [0.05, 0.1) is 6.54 Å². The van der Waals surface area contributed by atoms with Crippen molar-refractivity contribution in [2.45, 2.75) is 32.4 Å². The number of carbonyl (C=O) groups excluding carboxylic acids is 1. The maximum absolute atomic E-state index is 12.3. The van der Waals surface area contributed by atoms with E-state index >= 15 is 0 Å². The van der Waals surface area contributed by atoms with Crippen molar-refractivity contribution in [2.75, 3.05) is 13.6 Å². The van der Waals surface area contributed by atoms with E-state index in [1.54, 1.807) is 11.1 Å². The van der Waals surface area contributed by atoms with Gasteiger partial charge in [0.15, 0.2) is 0 Å². The van der Waals surface area contributed by atoms with Gasteiger partial charge in [0.1, 0.15) is 5.82 Å². The second kappa shape index (κ2) is 5.52. The van der Waals surface area contributed by atoms with Crippen molar-refractivity contribution in [1.82, 2.24) is 19.8 Å². The fourth-order valence-electron chi connectivity index (χ4n) is 2.51. The monoisotopic (exact) mass is 250 g/mol. The van der Waals surface area contributed by atoms with Gasteiger partial charge in [-0.15, -0.1) is 0 Å². The summed E-state index contributed by atoms with van der Waals surface area (Å²) in [4.78, 5) is 18.4. The molecule has 5 heteroatoms. The van der Waals surface area contributed by atoms with Gasteiger partial charge < -0.3 is 14.8 Å². The largest absolute Gasteiger partial charge is 0.338 e. The van der Waals surface area contributed by atoms with E-state index in [2.05, 4.69) is 17.2 Å². The van der Waals surface area contributed by atoms with Gasteiger partial charge in [-0.1, -0.05) is 0 Å². The Kier molecular flexibility index (Phi) is 4.01. The zero-order chi connectivity index (χ0) is 13.1. The molecular weight excluding hydrogens is 228 g/mol. The van der Waals surface area contributed by atoms with Crippen molar-refractivity contribution in [3.05, 3.63) is 18.2 Å². The van der Waals surface area contributed by atoms with Crippen molar-refractivity contribution < 1.29 is 4.79 Å². The predicted molar refractivity (Wildman–Crippen MR) is 69.9 cm³/mol. The average molecular weight is 250 g/mol. The summed E-state index contributed by atoms with van der Waals surface area (Å²) in [7, 11) is 3.82. The second-order valence-electron chi connectivity index (χ2n) is 5.23. The highest BCUT2D eigenvalue weighted by Crippen LogP contribution is 2.18. The van der Waals surface area contributed by atoms with Gasteiger partial charge in [-0.05, 0) is 26.3 Å². The summed E-state index contributed by atoms with van der Waals surface area (Å²) in [5.74, 6) is 1.32. The number of nitrogens with one attached hydrogen (secondary N) is 1. The topological polar surface area (TPSA) is 50.2 Å². The van der Waals surface area contributed by atoms with Crippen LogP contribution in [-0.4, -0.2) is 40.0 Å². The Hall–Kier alpha value is -1.36. The number of hydrogen-bond acceptors (Lipinski definition) is 3. The molecule has 0 spiro atoms. The average Bonchev–Trinajstić information content (AvgIpc) is 2.74. The molecule has 1 fully saturated rings. The van der Waals surface area contributed by atoms with Crippen LogP contribution in [0, 0.1) is 5.92 Å². The molecule has 18 heavy (non-hydrogen) atoms. The van der Waals surface area contributed by atoms with E-state index in [-0.39, 0.29) is 11.8 Å². The van der Waals surface area contributed by atoms with Gasteiger partial charge in [-0.25, -0.2) is 4.98 Å². The summed E-state index contributed by atoms with van der Waals surface area (Å²) in [6.45, 7) is 3.66. The van der Waals surface area contributed by atoms with Crippen molar-refractivity contribution in [3.63, 3.8) is 0 Å². The Balaban J connectivity index is 1.94. The molecule has 0 bridgehead atoms. The van der Waals surface area contributed by atoms with Gasteiger partial charge in [0.25, 0.3) is 0 Å². The van der Waals surface area contributed by atoms with Crippen LogP contribution in [0.5, 0.6) is 0 Å². The molecule has 1 aliphatic rings. The summed E-state index contributed by atoms with van der Waals surface area (Å²) in [6, 6.07) is 0.439. The zero-order valence-corrected chi connectivity index (χ0v) is 11.4. The van der Waals surface area contributed by atoms with Crippen LogP contribution in [0.2, 0.25) is 0 Å². The van der Waals surface area contributed by atoms with E-state index in [1.165, 1.54) is 0 Å². The highest BCUT2D eigenvalue weighted by Gasteiger charge is 2.27. The molecule has 100 valence electrons. The molecule has 1 aliphatic heterocycles. The minimum absolute atomic E-state index is 0.159. The smallest absolute Gasteiger partial charge is 0.225 e. The molecule has 0 aromatic carbocycles. The lowest BCUT2D eigenvalue weighted by Gasteiger charge is -2.30. The standard InChI is InChI=1S/C13H22N4O/c1-10-8-11(4-5-14-10)13(18)17(3)9-12-15-6-7-16(12)2/h6-7,10-11,14H,4-5,8-9H2,1-3H3. The summed E-state index contributed by atoms with van der Waals surface area (Å²) in [6.07, 6.45) is 5.54. The van der Waals surface area contributed by atoms with Crippen LogP contribution >= 0.6 is 0 Å². The van der Waals surface area contributed by atoms with Crippen molar-refractivity contribution in [2.24, 2.45) is 13.0 Å². The lowest BCUT2D eigenvalue weighted by Crippen LogP contribution is -2.43. The fourth-order valence-corrected chi connectivity index (χ4v) is 2.51. The summed E-state index contributed by atoms with van der Waals surface area (Å²) in [5.41, 5.74) is 0. The lowest BCUT2D eigenvalue weighted by atomic mass is 9.92. The number of piperidine rings is 1. The summed E-state index contributed by atoms with van der Waals surface area (Å²) < 4.78 is 1.95. The molecule has 1 saturated heterocycles. The zero-order valence-electron chi connectivity index (χ0n) is 11.4. The summed E-state index contributed by atoms with van der Waals surface area (Å²) in [5, 5.41) is 3.37.